The average Bonchev–Trinajstić information content (AvgIpc) is 2.14. The van der Waals surface area contributed by atoms with Crippen LogP contribution >= 0.6 is 24.0 Å². The van der Waals surface area contributed by atoms with Crippen LogP contribution in [0.5, 0.6) is 0 Å². The third-order valence-electron chi connectivity index (χ3n) is 0.967. The Morgan fingerprint density at radius 3 is 2.78 bits per heavy atom. The molecule has 9 heavy (non-hydrogen) atoms. The number of rotatable bonds is 1. The lowest BCUT2D eigenvalue weighted by Gasteiger charge is -1.95. The van der Waals surface area contributed by atoms with E-state index in [0.717, 1.165) is 5.69 Å². The van der Waals surface area contributed by atoms with E-state index in [1.165, 1.54) is 11.3 Å². The Labute approximate surface area is 63.5 Å². The Morgan fingerprint density at radius 2 is 2.56 bits per heavy atom. The van der Waals surface area contributed by atoms with E-state index >= 15 is 0 Å². The van der Waals surface area contributed by atoms with Crippen LogP contribution in [-0.4, -0.2) is 4.98 Å². The van der Waals surface area contributed by atoms with E-state index in [1.54, 1.807) is 0 Å². The van der Waals surface area contributed by atoms with E-state index in [1.807, 2.05) is 12.3 Å². The van der Waals surface area contributed by atoms with Gasteiger partial charge in [-0.1, -0.05) is 0 Å². The van der Waals surface area contributed by atoms with Crippen molar-refractivity contribution < 1.29 is 0 Å². The summed E-state index contributed by atoms with van der Waals surface area (Å²) in [6.07, 6.45) is 0. The van der Waals surface area contributed by atoms with Crippen molar-refractivity contribution in [3.63, 3.8) is 0 Å². The fourth-order valence-corrected chi connectivity index (χ4v) is 1.37. The average molecular weight is 159 g/mol. The summed E-state index contributed by atoms with van der Waals surface area (Å²) >= 11 is 6.26. The van der Waals surface area contributed by atoms with E-state index in [0.29, 0.717) is 4.34 Å². The zero-order valence-electron chi connectivity index (χ0n) is 5.00. The molecule has 2 nitrogen and oxygen atoms in total. The minimum atomic E-state index is 0.0120. The minimum absolute atomic E-state index is 0.0120. The molecule has 0 aliphatic heterocycles. The van der Waals surface area contributed by atoms with Crippen molar-refractivity contribution in [2.45, 2.75) is 17.3 Å². The molecule has 1 heterocycles. The monoisotopic (exact) mass is 159 g/mol. The van der Waals surface area contributed by atoms with Crippen molar-refractivity contribution in [1.82, 2.24) is 4.98 Å². The number of aromatic nitrogens is 1. The van der Waals surface area contributed by atoms with Crippen LogP contribution < -0.4 is 5.73 Å². The highest BCUT2D eigenvalue weighted by Crippen LogP contribution is 2.16. The van der Waals surface area contributed by atoms with Crippen LogP contribution in [0.15, 0.2) is 9.72 Å². The van der Waals surface area contributed by atoms with Crippen molar-refractivity contribution in [2.24, 2.45) is 5.73 Å². The quantitative estimate of drug-likeness (QED) is 0.677. The maximum atomic E-state index is 5.52. The molecule has 0 bridgehead atoms. The van der Waals surface area contributed by atoms with Gasteiger partial charge in [-0.15, -0.1) is 11.3 Å². The Kier molecular flexibility index (Phi) is 2.00. The van der Waals surface area contributed by atoms with Crippen LogP contribution in [0.2, 0.25) is 0 Å². The van der Waals surface area contributed by atoms with Crippen LogP contribution in [0.3, 0.4) is 0 Å². The van der Waals surface area contributed by atoms with Crippen LogP contribution in [-0.2, 0) is 0 Å². The number of nitrogens with two attached hydrogens (primary N) is 1. The van der Waals surface area contributed by atoms with Crippen molar-refractivity contribution in [1.29, 1.82) is 0 Å². The van der Waals surface area contributed by atoms with Gasteiger partial charge in [0.2, 0.25) is 0 Å². The van der Waals surface area contributed by atoms with Gasteiger partial charge in [-0.3, -0.25) is 0 Å². The van der Waals surface area contributed by atoms with Crippen LogP contribution in [0.25, 0.3) is 0 Å². The summed E-state index contributed by atoms with van der Waals surface area (Å²) in [5.41, 5.74) is 6.42. The second kappa shape index (κ2) is 2.60. The smallest absolute Gasteiger partial charge is 0.180 e. The zero-order chi connectivity index (χ0) is 6.85. The lowest BCUT2D eigenvalue weighted by molar-refractivity contribution is 0.781. The highest BCUT2D eigenvalue weighted by Gasteiger charge is 2.02. The number of hydrogen-bond acceptors (Lipinski definition) is 3. The topological polar surface area (TPSA) is 38.9 Å². The molecule has 0 spiro atoms. The summed E-state index contributed by atoms with van der Waals surface area (Å²) < 4.78 is 0.669. The predicted octanol–water partition coefficient (Wildman–Crippen LogP) is 1.72. The molecule has 1 aromatic rings. The minimum Gasteiger partial charge on any atom is -0.323 e. The van der Waals surface area contributed by atoms with E-state index < -0.39 is 0 Å². The highest BCUT2D eigenvalue weighted by molar-refractivity contribution is 7.82. The number of nitrogens with zero attached hydrogens (tertiary/aromatic N) is 1. The van der Waals surface area contributed by atoms with Crippen molar-refractivity contribution in [3.05, 3.63) is 11.1 Å². The third kappa shape index (κ3) is 1.61. The summed E-state index contributed by atoms with van der Waals surface area (Å²) in [7, 11) is 0. The molecule has 1 rings (SSSR count). The van der Waals surface area contributed by atoms with E-state index in [9.17, 15) is 0 Å². The largest absolute Gasteiger partial charge is 0.323 e. The van der Waals surface area contributed by atoms with Crippen LogP contribution in [0, 0.1) is 0 Å². The molecule has 0 saturated heterocycles. The summed E-state index contributed by atoms with van der Waals surface area (Å²) in [5.74, 6) is 0. The van der Waals surface area contributed by atoms with Crippen molar-refractivity contribution in [3.8, 4) is 0 Å². The summed E-state index contributed by atoms with van der Waals surface area (Å²) in [4.78, 5) is 4.02. The SMILES string of the molecule is CC(N)c1csc([S])n1. The maximum absolute atomic E-state index is 5.52. The number of hydrogen-bond donors (Lipinski definition) is 1. The van der Waals surface area contributed by atoms with Crippen LogP contribution in [0.1, 0.15) is 18.7 Å². The van der Waals surface area contributed by atoms with E-state index in [2.05, 4.69) is 4.98 Å². The molecule has 4 heteroatoms. The van der Waals surface area contributed by atoms with Gasteiger partial charge in [0.05, 0.1) is 5.69 Å². The highest BCUT2D eigenvalue weighted by atomic mass is 32.2. The molecular weight excluding hydrogens is 152 g/mol. The molecule has 1 atom stereocenters. The van der Waals surface area contributed by atoms with Gasteiger partial charge in [-0.2, -0.15) is 0 Å². The summed E-state index contributed by atoms with van der Waals surface area (Å²) in [6.45, 7) is 1.89. The van der Waals surface area contributed by atoms with E-state index in [4.69, 9.17) is 18.4 Å². The fourth-order valence-electron chi connectivity index (χ4n) is 0.478. The van der Waals surface area contributed by atoms with Gasteiger partial charge in [0.15, 0.2) is 4.34 Å². The maximum Gasteiger partial charge on any atom is 0.180 e. The zero-order valence-corrected chi connectivity index (χ0v) is 6.63. The molecule has 0 fully saturated rings. The Bertz CT molecular complexity index is 195. The van der Waals surface area contributed by atoms with Gasteiger partial charge in [-0.05, 0) is 19.6 Å². The molecular formula is C5H7N2S2. The lowest BCUT2D eigenvalue weighted by Crippen LogP contribution is -2.04. The molecule has 0 aromatic carbocycles. The van der Waals surface area contributed by atoms with Crippen molar-refractivity contribution >= 4 is 24.0 Å². The van der Waals surface area contributed by atoms with Gasteiger partial charge in [-0.25, -0.2) is 4.98 Å². The molecule has 0 amide bonds. The molecule has 1 radical (unpaired) electrons. The van der Waals surface area contributed by atoms with Gasteiger partial charge in [0, 0.05) is 11.4 Å². The summed E-state index contributed by atoms with van der Waals surface area (Å²) in [6, 6.07) is 0.0120. The van der Waals surface area contributed by atoms with Gasteiger partial charge in [0.25, 0.3) is 0 Å². The fraction of sp³-hybridized carbons (Fsp3) is 0.400. The first-order valence-electron chi connectivity index (χ1n) is 2.58. The Morgan fingerprint density at radius 1 is 1.89 bits per heavy atom. The standard InChI is InChI=1S/C5H7N2S2/c1-3(6)4-2-9-5(8)7-4/h2-3H,6H2,1H3. The molecule has 0 saturated carbocycles. The first kappa shape index (κ1) is 6.92. The molecule has 2 N–H and O–H groups in total. The first-order chi connectivity index (χ1) is 4.20. The molecule has 0 aliphatic carbocycles. The second-order valence-electron chi connectivity index (χ2n) is 1.83. The molecule has 0 aliphatic rings. The van der Waals surface area contributed by atoms with E-state index in [-0.39, 0.29) is 6.04 Å². The lowest BCUT2D eigenvalue weighted by atomic mass is 10.3. The predicted molar refractivity (Wildman–Crippen MR) is 40.6 cm³/mol. The molecule has 1 aromatic heterocycles. The van der Waals surface area contributed by atoms with Gasteiger partial charge in [0.1, 0.15) is 0 Å². The van der Waals surface area contributed by atoms with Gasteiger partial charge >= 0.3 is 0 Å². The normalized spacial score (nSPS) is 13.6. The third-order valence-corrected chi connectivity index (χ3v) is 2.00. The Hall–Kier alpha value is -0.190. The first-order valence-corrected chi connectivity index (χ1v) is 3.87. The van der Waals surface area contributed by atoms with Crippen molar-refractivity contribution in [2.75, 3.05) is 0 Å². The van der Waals surface area contributed by atoms with Crippen LogP contribution in [0.4, 0.5) is 0 Å². The molecule has 49 valence electrons. The second-order valence-corrected chi connectivity index (χ2v) is 3.33. The number of thiazole rings is 1. The summed E-state index contributed by atoms with van der Waals surface area (Å²) in [5, 5.41) is 1.90. The van der Waals surface area contributed by atoms with Gasteiger partial charge < -0.3 is 5.73 Å². The Balaban J connectivity index is 2.85. The molecule has 1 unspecified atom stereocenters.